The van der Waals surface area contributed by atoms with Crippen LogP contribution in [0.3, 0.4) is 0 Å². The van der Waals surface area contributed by atoms with Crippen LogP contribution in [0.2, 0.25) is 0 Å². The molecule has 0 aliphatic rings. The van der Waals surface area contributed by atoms with Crippen molar-refractivity contribution in [3.63, 3.8) is 0 Å². The molecule has 2 aromatic rings. The predicted octanol–water partition coefficient (Wildman–Crippen LogP) is 1.48. The lowest BCUT2D eigenvalue weighted by Crippen LogP contribution is -2.04. The first kappa shape index (κ1) is 11.4. The molecule has 0 unspecified atom stereocenters. The summed E-state index contributed by atoms with van der Waals surface area (Å²) in [6.45, 7) is 3.57. The Morgan fingerprint density at radius 2 is 2.18 bits per heavy atom. The standard InChI is InChI=1S/C11H13N3O3/c1-6-8(5-12-14(6)3)10-9(11(15)16-4)7(2)17-13-10/h5H,1-4H3. The zero-order valence-electron chi connectivity index (χ0n) is 10.1. The fourth-order valence-corrected chi connectivity index (χ4v) is 1.63. The van der Waals surface area contributed by atoms with Crippen LogP contribution in [0.4, 0.5) is 0 Å². The molecule has 0 atom stereocenters. The van der Waals surface area contributed by atoms with Gasteiger partial charge in [-0.1, -0.05) is 5.16 Å². The minimum absolute atomic E-state index is 0.351. The average molecular weight is 235 g/mol. The molecule has 0 aromatic carbocycles. The number of nitrogens with zero attached hydrogens (tertiary/aromatic N) is 3. The first-order valence-corrected chi connectivity index (χ1v) is 5.09. The summed E-state index contributed by atoms with van der Waals surface area (Å²) < 4.78 is 11.5. The summed E-state index contributed by atoms with van der Waals surface area (Å²) in [5.41, 5.74) is 2.50. The lowest BCUT2D eigenvalue weighted by molar-refractivity contribution is 0.0599. The Bertz CT molecular complexity index is 569. The number of rotatable bonds is 2. The van der Waals surface area contributed by atoms with Gasteiger partial charge in [0.2, 0.25) is 0 Å². The Morgan fingerprint density at radius 1 is 1.47 bits per heavy atom. The quantitative estimate of drug-likeness (QED) is 0.737. The third-order valence-corrected chi connectivity index (χ3v) is 2.74. The monoisotopic (exact) mass is 235 g/mol. The topological polar surface area (TPSA) is 70.2 Å². The first-order chi connectivity index (χ1) is 8.06. The summed E-state index contributed by atoms with van der Waals surface area (Å²) in [5, 5.41) is 8.01. The van der Waals surface area contributed by atoms with Gasteiger partial charge in [0, 0.05) is 18.3 Å². The number of hydrogen-bond acceptors (Lipinski definition) is 5. The van der Waals surface area contributed by atoms with Crippen molar-refractivity contribution in [1.82, 2.24) is 14.9 Å². The van der Waals surface area contributed by atoms with Gasteiger partial charge in [-0.2, -0.15) is 5.10 Å². The Balaban J connectivity index is 2.61. The van der Waals surface area contributed by atoms with Gasteiger partial charge in [-0.15, -0.1) is 0 Å². The molecule has 17 heavy (non-hydrogen) atoms. The van der Waals surface area contributed by atoms with Crippen molar-refractivity contribution in [1.29, 1.82) is 0 Å². The van der Waals surface area contributed by atoms with Gasteiger partial charge in [0.25, 0.3) is 0 Å². The van der Waals surface area contributed by atoms with E-state index in [1.807, 2.05) is 14.0 Å². The van der Waals surface area contributed by atoms with Crippen LogP contribution in [0.25, 0.3) is 11.3 Å². The first-order valence-electron chi connectivity index (χ1n) is 5.09. The number of hydrogen-bond donors (Lipinski definition) is 0. The minimum Gasteiger partial charge on any atom is -0.465 e. The molecule has 6 heteroatoms. The Kier molecular flexibility index (Phi) is 2.71. The number of aromatic nitrogens is 3. The average Bonchev–Trinajstić information content (AvgIpc) is 2.83. The van der Waals surface area contributed by atoms with E-state index >= 15 is 0 Å². The van der Waals surface area contributed by atoms with Gasteiger partial charge in [-0.3, -0.25) is 4.68 Å². The molecule has 0 saturated carbocycles. The van der Waals surface area contributed by atoms with Gasteiger partial charge in [-0.25, -0.2) is 4.79 Å². The second kappa shape index (κ2) is 4.04. The number of methoxy groups -OCH3 is 1. The van der Waals surface area contributed by atoms with E-state index in [1.165, 1.54) is 7.11 Å². The lowest BCUT2D eigenvalue weighted by Gasteiger charge is -2.00. The van der Waals surface area contributed by atoms with Crippen molar-refractivity contribution in [3.05, 3.63) is 23.2 Å². The Labute approximate surface area is 98.2 Å². The summed E-state index contributed by atoms with van der Waals surface area (Å²) in [6.07, 6.45) is 1.65. The molecule has 0 fully saturated rings. The van der Waals surface area contributed by atoms with Gasteiger partial charge >= 0.3 is 5.97 Å². The molecule has 0 spiro atoms. The lowest BCUT2D eigenvalue weighted by atomic mass is 10.1. The number of aryl methyl sites for hydroxylation is 2. The van der Waals surface area contributed by atoms with E-state index < -0.39 is 5.97 Å². The van der Waals surface area contributed by atoms with E-state index in [2.05, 4.69) is 10.3 Å². The van der Waals surface area contributed by atoms with Gasteiger partial charge in [0.1, 0.15) is 17.0 Å². The Hall–Kier alpha value is -2.11. The summed E-state index contributed by atoms with van der Waals surface area (Å²) in [5.74, 6) is -0.0166. The predicted molar refractivity (Wildman–Crippen MR) is 59.5 cm³/mol. The van der Waals surface area contributed by atoms with Crippen LogP contribution in [0.15, 0.2) is 10.7 Å². The summed E-state index contributed by atoms with van der Waals surface area (Å²) in [6, 6.07) is 0. The van der Waals surface area contributed by atoms with Crippen molar-refractivity contribution < 1.29 is 14.1 Å². The summed E-state index contributed by atoms with van der Waals surface area (Å²) in [4.78, 5) is 11.7. The smallest absolute Gasteiger partial charge is 0.343 e. The van der Waals surface area contributed by atoms with Crippen molar-refractivity contribution >= 4 is 5.97 Å². The summed E-state index contributed by atoms with van der Waals surface area (Å²) >= 11 is 0. The van der Waals surface area contributed by atoms with Crippen LogP contribution in [0.5, 0.6) is 0 Å². The molecule has 0 aliphatic heterocycles. The highest BCUT2D eigenvalue weighted by Gasteiger charge is 2.24. The van der Waals surface area contributed by atoms with Crippen LogP contribution >= 0.6 is 0 Å². The number of carbonyl (C=O) groups excluding carboxylic acids is 1. The second-order valence-electron chi connectivity index (χ2n) is 3.72. The zero-order valence-corrected chi connectivity index (χ0v) is 10.1. The summed E-state index contributed by atoms with van der Waals surface area (Å²) in [7, 11) is 3.15. The van der Waals surface area contributed by atoms with Crippen molar-refractivity contribution in [2.75, 3.05) is 7.11 Å². The van der Waals surface area contributed by atoms with Crippen molar-refractivity contribution in [2.24, 2.45) is 7.05 Å². The van der Waals surface area contributed by atoms with E-state index in [4.69, 9.17) is 9.26 Å². The number of carbonyl (C=O) groups is 1. The highest BCUT2D eigenvalue weighted by molar-refractivity contribution is 5.97. The molecular formula is C11H13N3O3. The molecule has 90 valence electrons. The molecule has 2 rings (SSSR count). The highest BCUT2D eigenvalue weighted by atomic mass is 16.5. The van der Waals surface area contributed by atoms with E-state index in [0.29, 0.717) is 17.0 Å². The molecular weight excluding hydrogens is 222 g/mol. The van der Waals surface area contributed by atoms with Crippen molar-refractivity contribution in [2.45, 2.75) is 13.8 Å². The SMILES string of the molecule is COC(=O)c1c(-c2cnn(C)c2C)noc1C. The van der Waals surface area contributed by atoms with Crippen LogP contribution in [0, 0.1) is 13.8 Å². The molecule has 0 radical (unpaired) electrons. The molecule has 0 saturated heterocycles. The normalized spacial score (nSPS) is 10.6. The molecule has 0 N–H and O–H groups in total. The van der Waals surface area contributed by atoms with Crippen LogP contribution in [0.1, 0.15) is 21.8 Å². The van der Waals surface area contributed by atoms with Crippen LogP contribution in [-0.4, -0.2) is 28.0 Å². The molecule has 2 heterocycles. The Morgan fingerprint density at radius 3 is 2.71 bits per heavy atom. The highest BCUT2D eigenvalue weighted by Crippen LogP contribution is 2.27. The maximum Gasteiger partial charge on any atom is 0.343 e. The van der Waals surface area contributed by atoms with Crippen LogP contribution < -0.4 is 0 Å². The maximum atomic E-state index is 11.7. The maximum absolute atomic E-state index is 11.7. The van der Waals surface area contributed by atoms with Crippen LogP contribution in [-0.2, 0) is 11.8 Å². The molecule has 0 bridgehead atoms. The largest absolute Gasteiger partial charge is 0.465 e. The van der Waals surface area contributed by atoms with Gasteiger partial charge < -0.3 is 9.26 Å². The van der Waals surface area contributed by atoms with Gasteiger partial charge in [0.15, 0.2) is 0 Å². The van der Waals surface area contributed by atoms with Crippen molar-refractivity contribution in [3.8, 4) is 11.3 Å². The second-order valence-corrected chi connectivity index (χ2v) is 3.72. The van der Waals surface area contributed by atoms with Gasteiger partial charge in [0.05, 0.1) is 13.3 Å². The fraction of sp³-hybridized carbons (Fsp3) is 0.364. The fourth-order valence-electron chi connectivity index (χ4n) is 1.63. The van der Waals surface area contributed by atoms with Gasteiger partial charge in [-0.05, 0) is 13.8 Å². The van der Waals surface area contributed by atoms with E-state index in [-0.39, 0.29) is 0 Å². The molecule has 6 nitrogen and oxygen atoms in total. The number of ether oxygens (including phenoxy) is 1. The third kappa shape index (κ3) is 1.71. The molecule has 2 aromatic heterocycles. The number of esters is 1. The van der Waals surface area contributed by atoms with E-state index in [1.54, 1.807) is 17.8 Å². The minimum atomic E-state index is -0.456. The molecule has 0 amide bonds. The van der Waals surface area contributed by atoms with E-state index in [0.717, 1.165) is 11.3 Å². The molecule has 0 aliphatic carbocycles. The zero-order chi connectivity index (χ0) is 12.6. The van der Waals surface area contributed by atoms with E-state index in [9.17, 15) is 4.79 Å². The third-order valence-electron chi connectivity index (χ3n) is 2.74.